The van der Waals surface area contributed by atoms with Crippen LogP contribution in [0.3, 0.4) is 0 Å². The molecule has 5 rings (SSSR count). The van der Waals surface area contributed by atoms with Gasteiger partial charge in [0, 0.05) is 10.8 Å². The average Bonchev–Trinajstić information content (AvgIpc) is 3.28. The maximum Gasteiger partial charge on any atom is 0.238 e. The van der Waals surface area contributed by atoms with Crippen molar-refractivity contribution in [1.82, 2.24) is 29.1 Å². The minimum atomic E-state index is 0.403. The third-order valence-electron chi connectivity index (χ3n) is 4.63. The van der Waals surface area contributed by atoms with Crippen LogP contribution in [0.15, 0.2) is 66.1 Å². The van der Waals surface area contributed by atoms with Crippen molar-refractivity contribution in [3.05, 3.63) is 77.1 Å². The molecule has 0 unspecified atom stereocenters. The zero-order chi connectivity index (χ0) is 19.8. The Morgan fingerprint density at radius 3 is 2.52 bits per heavy atom. The Balaban J connectivity index is 1.59. The summed E-state index contributed by atoms with van der Waals surface area (Å²) in [7, 11) is 0. The first-order chi connectivity index (χ1) is 14.2. The van der Waals surface area contributed by atoms with Crippen molar-refractivity contribution < 1.29 is 0 Å². The van der Waals surface area contributed by atoms with E-state index in [0.29, 0.717) is 18.1 Å². The smallest absolute Gasteiger partial charge is 0.238 e. The molecule has 29 heavy (non-hydrogen) atoms. The predicted octanol–water partition coefficient (Wildman–Crippen LogP) is 4.05. The summed E-state index contributed by atoms with van der Waals surface area (Å²) < 4.78 is 3.95. The second-order valence-electron chi connectivity index (χ2n) is 6.54. The lowest BCUT2D eigenvalue weighted by molar-refractivity contribution is 0.828. The molecule has 0 fully saturated rings. The third-order valence-corrected chi connectivity index (χ3v) is 5.89. The highest BCUT2D eigenvalue weighted by Gasteiger charge is 2.20. The molecule has 0 spiro atoms. The molecule has 0 saturated carbocycles. The highest BCUT2D eigenvalue weighted by molar-refractivity contribution is 7.98. The van der Waals surface area contributed by atoms with Crippen LogP contribution in [0.1, 0.15) is 11.1 Å². The number of hydrogen-bond donors (Lipinski definition) is 1. The van der Waals surface area contributed by atoms with Crippen LogP contribution < -0.4 is 5.73 Å². The highest BCUT2D eigenvalue weighted by atomic mass is 35.5. The molecular weight excluding hydrogens is 406 g/mol. The fraction of sp³-hybridized carbons (Fsp3) is 0.100. The van der Waals surface area contributed by atoms with Crippen molar-refractivity contribution in [2.45, 2.75) is 17.5 Å². The summed E-state index contributed by atoms with van der Waals surface area (Å²) in [5.74, 6) is 1.83. The predicted molar refractivity (Wildman–Crippen MR) is 115 cm³/mol. The van der Waals surface area contributed by atoms with Gasteiger partial charge < -0.3 is 5.73 Å². The van der Waals surface area contributed by atoms with E-state index < -0.39 is 0 Å². The first-order valence-electron chi connectivity index (χ1n) is 8.95. The van der Waals surface area contributed by atoms with Gasteiger partial charge in [0.2, 0.25) is 5.78 Å². The topological polar surface area (TPSA) is 86.9 Å². The third kappa shape index (κ3) is 3.30. The van der Waals surface area contributed by atoms with E-state index in [2.05, 4.69) is 32.3 Å². The lowest BCUT2D eigenvalue weighted by Gasteiger charge is -2.04. The Morgan fingerprint density at radius 1 is 0.931 bits per heavy atom. The molecule has 0 aliphatic carbocycles. The number of hydrogen-bond acceptors (Lipinski definition) is 6. The van der Waals surface area contributed by atoms with E-state index in [9.17, 15) is 0 Å². The summed E-state index contributed by atoms with van der Waals surface area (Å²) in [6, 6.07) is 17.9. The number of nitrogens with two attached hydrogens (primary N) is 1. The molecule has 0 atom stereocenters. The quantitative estimate of drug-likeness (QED) is 0.431. The van der Waals surface area contributed by atoms with Gasteiger partial charge in [0.15, 0.2) is 16.6 Å². The standard InChI is InChI=1S/C20H16ClN7S/c21-15-8-6-14(7-9-15)11-29-20-26-25-19-27(10-13-4-2-1-3-5-13)18-16(28(19)20)17(22)23-12-24-18/h1-9,12H,10-11H2,(H2,22,23,24). The maximum absolute atomic E-state index is 6.22. The zero-order valence-corrected chi connectivity index (χ0v) is 16.8. The first-order valence-corrected chi connectivity index (χ1v) is 10.3. The van der Waals surface area contributed by atoms with Crippen molar-refractivity contribution >= 4 is 46.1 Å². The number of halogens is 1. The van der Waals surface area contributed by atoms with Gasteiger partial charge in [-0.05, 0) is 23.3 Å². The van der Waals surface area contributed by atoms with Gasteiger partial charge in [-0.25, -0.2) is 14.4 Å². The number of nitrogen functional groups attached to an aromatic ring is 1. The molecular formula is C20H16ClN7S. The van der Waals surface area contributed by atoms with Crippen molar-refractivity contribution in [2.75, 3.05) is 5.73 Å². The number of anilines is 1. The second kappa shape index (κ2) is 7.38. The van der Waals surface area contributed by atoms with Crippen LogP contribution in [0.5, 0.6) is 0 Å². The minimum absolute atomic E-state index is 0.403. The van der Waals surface area contributed by atoms with E-state index in [1.54, 1.807) is 11.8 Å². The molecule has 0 aliphatic rings. The Labute approximate surface area is 175 Å². The molecule has 0 saturated heterocycles. The summed E-state index contributed by atoms with van der Waals surface area (Å²) in [5, 5.41) is 10.3. The fourth-order valence-electron chi connectivity index (χ4n) is 3.26. The second-order valence-corrected chi connectivity index (χ2v) is 7.91. The summed E-state index contributed by atoms with van der Waals surface area (Å²) in [6.07, 6.45) is 1.48. The molecule has 0 amide bonds. The fourth-order valence-corrected chi connectivity index (χ4v) is 4.27. The number of rotatable bonds is 5. The Bertz CT molecular complexity index is 1300. The van der Waals surface area contributed by atoms with Gasteiger partial charge in [-0.3, -0.25) is 4.57 Å². The number of fused-ring (bicyclic) bond motifs is 3. The summed E-state index contributed by atoms with van der Waals surface area (Å²) in [4.78, 5) is 8.66. The molecule has 3 aromatic heterocycles. The Hall–Kier alpha value is -3.10. The van der Waals surface area contributed by atoms with Gasteiger partial charge in [0.05, 0.1) is 6.54 Å². The maximum atomic E-state index is 6.22. The molecule has 5 aromatic rings. The van der Waals surface area contributed by atoms with Crippen LogP contribution in [0, 0.1) is 0 Å². The first kappa shape index (κ1) is 18.0. The molecule has 7 nitrogen and oxygen atoms in total. The van der Waals surface area contributed by atoms with E-state index in [1.165, 1.54) is 6.33 Å². The molecule has 0 radical (unpaired) electrons. The number of nitrogens with zero attached hydrogens (tertiary/aromatic N) is 6. The number of benzene rings is 2. The van der Waals surface area contributed by atoms with Gasteiger partial charge in [-0.2, -0.15) is 0 Å². The van der Waals surface area contributed by atoms with E-state index in [0.717, 1.165) is 38.2 Å². The van der Waals surface area contributed by atoms with Crippen molar-refractivity contribution in [3.63, 3.8) is 0 Å². The number of thioether (sulfide) groups is 1. The summed E-state index contributed by atoms with van der Waals surface area (Å²) >= 11 is 7.56. The van der Waals surface area contributed by atoms with Crippen LogP contribution in [-0.4, -0.2) is 29.1 Å². The Morgan fingerprint density at radius 2 is 1.72 bits per heavy atom. The van der Waals surface area contributed by atoms with Gasteiger partial charge in [-0.15, -0.1) is 10.2 Å². The zero-order valence-electron chi connectivity index (χ0n) is 15.2. The molecule has 144 valence electrons. The van der Waals surface area contributed by atoms with Crippen LogP contribution in [0.4, 0.5) is 5.82 Å². The molecule has 2 aromatic carbocycles. The van der Waals surface area contributed by atoms with E-state index in [4.69, 9.17) is 17.3 Å². The van der Waals surface area contributed by atoms with Crippen molar-refractivity contribution in [2.24, 2.45) is 0 Å². The van der Waals surface area contributed by atoms with Gasteiger partial charge in [0.1, 0.15) is 11.8 Å². The average molecular weight is 422 g/mol. The lowest BCUT2D eigenvalue weighted by Crippen LogP contribution is -2.02. The van der Waals surface area contributed by atoms with Crippen molar-refractivity contribution in [3.8, 4) is 0 Å². The van der Waals surface area contributed by atoms with E-state index in [-0.39, 0.29) is 0 Å². The molecule has 0 aliphatic heterocycles. The summed E-state index contributed by atoms with van der Waals surface area (Å²) in [6.45, 7) is 0.615. The van der Waals surface area contributed by atoms with Gasteiger partial charge in [0.25, 0.3) is 0 Å². The number of aromatic nitrogens is 6. The van der Waals surface area contributed by atoms with E-state index in [1.807, 2.05) is 51.4 Å². The van der Waals surface area contributed by atoms with Crippen LogP contribution >= 0.6 is 23.4 Å². The highest BCUT2D eigenvalue weighted by Crippen LogP contribution is 2.29. The minimum Gasteiger partial charge on any atom is -0.382 e. The van der Waals surface area contributed by atoms with Crippen LogP contribution in [-0.2, 0) is 12.3 Å². The molecule has 3 heterocycles. The number of imidazole rings is 1. The van der Waals surface area contributed by atoms with Gasteiger partial charge >= 0.3 is 0 Å². The molecule has 2 N–H and O–H groups in total. The van der Waals surface area contributed by atoms with Gasteiger partial charge in [-0.1, -0.05) is 65.8 Å². The molecule has 9 heteroatoms. The SMILES string of the molecule is Nc1ncnc2c1n1c(SCc3ccc(Cl)cc3)nnc1n2Cc1ccccc1. The summed E-state index contributed by atoms with van der Waals surface area (Å²) in [5.41, 5.74) is 9.96. The van der Waals surface area contributed by atoms with Crippen LogP contribution in [0.25, 0.3) is 16.9 Å². The largest absolute Gasteiger partial charge is 0.382 e. The van der Waals surface area contributed by atoms with Crippen molar-refractivity contribution in [1.29, 1.82) is 0 Å². The lowest BCUT2D eigenvalue weighted by atomic mass is 10.2. The monoisotopic (exact) mass is 421 g/mol. The Kier molecular flexibility index (Phi) is 4.57. The van der Waals surface area contributed by atoms with Crippen LogP contribution in [0.2, 0.25) is 5.02 Å². The normalized spacial score (nSPS) is 11.5. The van der Waals surface area contributed by atoms with E-state index >= 15 is 0 Å². The molecule has 0 bridgehead atoms.